The number of fused-ring (bicyclic) bond motifs is 1. The van der Waals surface area contributed by atoms with Crippen molar-refractivity contribution in [1.29, 1.82) is 5.26 Å². The molecule has 36 heavy (non-hydrogen) atoms. The number of benzene rings is 1. The van der Waals surface area contributed by atoms with Crippen LogP contribution in [0, 0.1) is 29.1 Å². The SMILES string of the molecule is CCN1C(=O)C2C(Nc3cccc(OCC(=O)OC)c3)CC2SC12C(C#N)C2C(=O)NCC(F)(F)F. The van der Waals surface area contributed by atoms with Gasteiger partial charge in [-0.15, -0.1) is 11.8 Å². The van der Waals surface area contributed by atoms with E-state index in [0.29, 0.717) is 17.9 Å². The van der Waals surface area contributed by atoms with Crippen LogP contribution in [0.15, 0.2) is 24.3 Å². The number of rotatable bonds is 8. The Morgan fingerprint density at radius 2 is 2.11 bits per heavy atom. The lowest BCUT2D eigenvalue weighted by Gasteiger charge is -2.53. The molecule has 4 rings (SSSR count). The van der Waals surface area contributed by atoms with Crippen molar-refractivity contribution in [2.24, 2.45) is 17.8 Å². The highest BCUT2D eigenvalue weighted by Crippen LogP contribution is 2.68. The highest BCUT2D eigenvalue weighted by molar-refractivity contribution is 8.01. The zero-order chi connectivity index (χ0) is 26.3. The molecule has 1 aromatic carbocycles. The van der Waals surface area contributed by atoms with Crippen LogP contribution in [0.2, 0.25) is 0 Å². The van der Waals surface area contributed by atoms with E-state index >= 15 is 0 Å². The molecule has 9 nitrogen and oxygen atoms in total. The number of carbonyl (C=O) groups excluding carboxylic acids is 3. The molecule has 6 atom stereocenters. The summed E-state index contributed by atoms with van der Waals surface area (Å²) in [6.45, 7) is 0.220. The monoisotopic (exact) mass is 526 g/mol. The number of nitrogens with zero attached hydrogens (tertiary/aromatic N) is 2. The number of nitriles is 1. The van der Waals surface area contributed by atoms with Crippen molar-refractivity contribution in [3.05, 3.63) is 24.3 Å². The maximum absolute atomic E-state index is 13.5. The largest absolute Gasteiger partial charge is 0.482 e. The van der Waals surface area contributed by atoms with E-state index in [1.54, 1.807) is 31.2 Å². The molecule has 3 fully saturated rings. The van der Waals surface area contributed by atoms with Gasteiger partial charge in [-0.1, -0.05) is 6.07 Å². The second kappa shape index (κ2) is 9.72. The number of hydrogen-bond acceptors (Lipinski definition) is 8. The molecule has 1 aliphatic heterocycles. The highest BCUT2D eigenvalue weighted by atomic mass is 32.2. The number of thioether (sulfide) groups is 1. The molecule has 2 N–H and O–H groups in total. The maximum Gasteiger partial charge on any atom is 0.405 e. The van der Waals surface area contributed by atoms with E-state index in [9.17, 15) is 32.8 Å². The number of methoxy groups -OCH3 is 1. The van der Waals surface area contributed by atoms with Crippen LogP contribution in [-0.4, -0.2) is 71.8 Å². The van der Waals surface area contributed by atoms with Crippen LogP contribution in [0.1, 0.15) is 13.3 Å². The fraction of sp³-hybridized carbons (Fsp3) is 0.565. The summed E-state index contributed by atoms with van der Waals surface area (Å²) in [5, 5.41) is 14.7. The Morgan fingerprint density at radius 1 is 1.36 bits per heavy atom. The summed E-state index contributed by atoms with van der Waals surface area (Å²) in [7, 11) is 1.26. The number of carbonyl (C=O) groups is 3. The first-order valence-electron chi connectivity index (χ1n) is 11.3. The summed E-state index contributed by atoms with van der Waals surface area (Å²) >= 11 is 1.34. The smallest absolute Gasteiger partial charge is 0.405 e. The fourth-order valence-corrected chi connectivity index (χ4v) is 7.24. The second-order valence-corrected chi connectivity index (χ2v) is 10.3. The molecule has 1 saturated heterocycles. The lowest BCUT2D eigenvalue weighted by Crippen LogP contribution is -2.64. The molecule has 2 aliphatic carbocycles. The third-order valence-electron chi connectivity index (χ3n) is 6.72. The minimum atomic E-state index is -4.57. The summed E-state index contributed by atoms with van der Waals surface area (Å²) < 4.78 is 47.7. The lowest BCUT2D eigenvalue weighted by atomic mass is 9.77. The Labute approximate surface area is 209 Å². The van der Waals surface area contributed by atoms with E-state index in [0.717, 1.165) is 0 Å². The number of halogens is 3. The van der Waals surface area contributed by atoms with Crippen molar-refractivity contribution in [2.75, 3.05) is 32.1 Å². The average molecular weight is 527 g/mol. The van der Waals surface area contributed by atoms with Crippen LogP contribution in [-0.2, 0) is 19.1 Å². The summed E-state index contributed by atoms with van der Waals surface area (Å²) in [5.41, 5.74) is 0.688. The molecule has 0 aromatic heterocycles. The first-order valence-corrected chi connectivity index (χ1v) is 12.2. The summed E-state index contributed by atoms with van der Waals surface area (Å²) in [6.07, 6.45) is -4.00. The number of nitrogens with one attached hydrogen (secondary N) is 2. The third kappa shape index (κ3) is 4.66. The standard InChI is InChI=1S/C23H25F3N4O5S/c1-3-30-21(33)18-15(29-12-5-4-6-13(7-12)35-10-17(31)34-2)8-16(18)36-23(30)14(9-27)19(23)20(32)28-11-22(24,25)26/h4-7,14-16,18-19,29H,3,8,10-11H2,1-2H3,(H,28,32). The summed E-state index contributed by atoms with van der Waals surface area (Å²) in [4.78, 5) is 37.7. The topological polar surface area (TPSA) is 121 Å². The minimum Gasteiger partial charge on any atom is -0.482 e. The number of esters is 1. The molecule has 2 saturated carbocycles. The summed E-state index contributed by atoms with van der Waals surface area (Å²) in [5.74, 6) is -3.48. The molecule has 6 unspecified atom stereocenters. The molecular formula is C23H25F3N4O5S. The number of anilines is 1. The number of amides is 2. The van der Waals surface area contributed by atoms with Gasteiger partial charge in [0.2, 0.25) is 11.8 Å². The van der Waals surface area contributed by atoms with Crippen molar-refractivity contribution >= 4 is 35.2 Å². The first kappa shape index (κ1) is 25.9. The molecule has 1 aromatic rings. The van der Waals surface area contributed by atoms with Crippen LogP contribution in [0.4, 0.5) is 18.9 Å². The van der Waals surface area contributed by atoms with Gasteiger partial charge in [-0.2, -0.15) is 18.4 Å². The zero-order valence-corrected chi connectivity index (χ0v) is 20.3. The van der Waals surface area contributed by atoms with E-state index < -0.39 is 47.2 Å². The second-order valence-electron chi connectivity index (χ2n) is 8.81. The Bertz CT molecular complexity index is 1100. The Kier molecular flexibility index (Phi) is 7.01. The van der Waals surface area contributed by atoms with E-state index in [2.05, 4.69) is 10.1 Å². The molecule has 1 heterocycles. The van der Waals surface area contributed by atoms with E-state index in [1.165, 1.54) is 23.8 Å². The van der Waals surface area contributed by atoms with Crippen molar-refractivity contribution < 1.29 is 37.0 Å². The van der Waals surface area contributed by atoms with Crippen LogP contribution >= 0.6 is 11.8 Å². The molecular weight excluding hydrogens is 501 g/mol. The van der Waals surface area contributed by atoms with Crippen LogP contribution < -0.4 is 15.4 Å². The molecule has 0 bridgehead atoms. The molecule has 13 heteroatoms. The lowest BCUT2D eigenvalue weighted by molar-refractivity contribution is -0.143. The zero-order valence-electron chi connectivity index (χ0n) is 19.5. The fourth-order valence-electron chi connectivity index (χ4n) is 5.00. The Hall–Kier alpha value is -3.14. The van der Waals surface area contributed by atoms with Gasteiger partial charge >= 0.3 is 12.1 Å². The van der Waals surface area contributed by atoms with E-state index in [1.807, 2.05) is 11.4 Å². The minimum absolute atomic E-state index is 0.173. The van der Waals surface area contributed by atoms with E-state index in [4.69, 9.17) is 4.74 Å². The first-order chi connectivity index (χ1) is 17.1. The van der Waals surface area contributed by atoms with Crippen molar-refractivity contribution in [3.63, 3.8) is 0 Å². The van der Waals surface area contributed by atoms with Crippen LogP contribution in [0.5, 0.6) is 5.75 Å². The van der Waals surface area contributed by atoms with Gasteiger partial charge in [0.1, 0.15) is 17.2 Å². The van der Waals surface area contributed by atoms with Crippen molar-refractivity contribution in [3.8, 4) is 11.8 Å². The Morgan fingerprint density at radius 3 is 2.75 bits per heavy atom. The molecule has 3 aliphatic rings. The predicted molar refractivity (Wildman–Crippen MR) is 123 cm³/mol. The van der Waals surface area contributed by atoms with Gasteiger partial charge in [0, 0.05) is 29.6 Å². The van der Waals surface area contributed by atoms with Gasteiger partial charge in [-0.25, -0.2) is 4.79 Å². The van der Waals surface area contributed by atoms with Crippen LogP contribution in [0.25, 0.3) is 0 Å². The van der Waals surface area contributed by atoms with Gasteiger partial charge in [-0.3, -0.25) is 9.59 Å². The number of hydrogen-bond donors (Lipinski definition) is 2. The Balaban J connectivity index is 1.44. The quantitative estimate of drug-likeness (QED) is 0.495. The van der Waals surface area contributed by atoms with Crippen LogP contribution in [0.3, 0.4) is 0 Å². The van der Waals surface area contributed by atoms with Crippen molar-refractivity contribution in [1.82, 2.24) is 10.2 Å². The van der Waals surface area contributed by atoms with Gasteiger partial charge < -0.3 is 25.0 Å². The number of alkyl halides is 3. The molecule has 194 valence electrons. The third-order valence-corrected chi connectivity index (χ3v) is 8.61. The van der Waals surface area contributed by atoms with E-state index in [-0.39, 0.29) is 30.4 Å². The van der Waals surface area contributed by atoms with Gasteiger partial charge in [0.15, 0.2) is 6.61 Å². The van der Waals surface area contributed by atoms with Gasteiger partial charge in [0.25, 0.3) is 0 Å². The highest BCUT2D eigenvalue weighted by Gasteiger charge is 2.77. The maximum atomic E-state index is 13.5. The average Bonchev–Trinajstić information content (AvgIpc) is 3.46. The molecule has 2 amide bonds. The normalized spacial score (nSPS) is 30.5. The van der Waals surface area contributed by atoms with Gasteiger partial charge in [-0.05, 0) is 25.5 Å². The predicted octanol–water partition coefficient (Wildman–Crippen LogP) is 2.15. The van der Waals surface area contributed by atoms with Gasteiger partial charge in [0.05, 0.1) is 30.9 Å². The van der Waals surface area contributed by atoms with Crippen molar-refractivity contribution in [2.45, 2.75) is 35.7 Å². The molecule has 0 radical (unpaired) electrons. The number of ether oxygens (including phenoxy) is 2. The summed E-state index contributed by atoms with van der Waals surface area (Å²) in [6, 6.07) is 8.73. The molecule has 1 spiro atoms.